The van der Waals surface area contributed by atoms with E-state index in [4.69, 9.17) is 26.2 Å². The first-order valence-electron chi connectivity index (χ1n) is 6.50. The minimum atomic E-state index is -0.997. The average molecular weight is 307 g/mol. The molecule has 2 aromatic rings. The monoisotopic (exact) mass is 306 g/mol. The largest absolute Gasteiger partial charge is 0.493 e. The average Bonchev–Trinajstić information content (AvgIpc) is 2.49. The fourth-order valence-corrected chi connectivity index (χ4v) is 1.86. The van der Waals surface area contributed by atoms with E-state index in [2.05, 4.69) is 0 Å². The highest BCUT2D eigenvalue weighted by Gasteiger charge is 2.09. The molecule has 5 heteroatoms. The Morgan fingerprint density at radius 2 is 1.67 bits per heavy atom. The van der Waals surface area contributed by atoms with E-state index < -0.39 is 5.97 Å². The van der Waals surface area contributed by atoms with Crippen molar-refractivity contribution in [3.05, 3.63) is 59.1 Å². The highest BCUT2D eigenvalue weighted by Crippen LogP contribution is 2.18. The third-order valence-electron chi connectivity index (χ3n) is 2.75. The number of para-hydroxylation sites is 1. The molecule has 0 saturated heterocycles. The maximum Gasteiger partial charge on any atom is 0.339 e. The first-order valence-corrected chi connectivity index (χ1v) is 6.88. The minimum Gasteiger partial charge on any atom is -0.493 e. The molecule has 0 spiro atoms. The van der Waals surface area contributed by atoms with Crippen LogP contribution in [0.1, 0.15) is 16.8 Å². The second kappa shape index (κ2) is 7.55. The Kier molecular flexibility index (Phi) is 5.46. The van der Waals surface area contributed by atoms with E-state index in [1.54, 1.807) is 42.5 Å². The second-order valence-corrected chi connectivity index (χ2v) is 4.74. The highest BCUT2D eigenvalue weighted by atomic mass is 35.5. The maximum absolute atomic E-state index is 11.0. The Bertz CT molecular complexity index is 595. The molecular weight excluding hydrogens is 292 g/mol. The van der Waals surface area contributed by atoms with Crippen LogP contribution in [0.5, 0.6) is 11.5 Å². The molecule has 0 fully saturated rings. The van der Waals surface area contributed by atoms with Gasteiger partial charge in [-0.05, 0) is 36.4 Å². The Morgan fingerprint density at radius 3 is 2.38 bits per heavy atom. The van der Waals surface area contributed by atoms with Crippen molar-refractivity contribution >= 4 is 17.6 Å². The molecule has 2 aromatic carbocycles. The summed E-state index contributed by atoms with van der Waals surface area (Å²) in [4.78, 5) is 11.0. The topological polar surface area (TPSA) is 55.8 Å². The number of aromatic carboxylic acids is 1. The van der Waals surface area contributed by atoms with Gasteiger partial charge in [-0.3, -0.25) is 0 Å². The Labute approximate surface area is 127 Å². The molecule has 0 unspecified atom stereocenters. The van der Waals surface area contributed by atoms with Gasteiger partial charge in [-0.15, -0.1) is 0 Å². The minimum absolute atomic E-state index is 0.163. The lowest BCUT2D eigenvalue weighted by atomic mass is 10.2. The predicted octanol–water partition coefficient (Wildman–Crippen LogP) is 3.89. The van der Waals surface area contributed by atoms with E-state index in [-0.39, 0.29) is 5.56 Å². The summed E-state index contributed by atoms with van der Waals surface area (Å²) in [5, 5.41) is 9.69. The standard InChI is InChI=1S/C16H15ClO4/c17-12-6-8-13(9-7-12)20-10-3-11-21-15-5-2-1-4-14(15)16(18)19/h1-2,4-9H,3,10-11H2,(H,18,19). The molecule has 1 N–H and O–H groups in total. The molecule has 0 aromatic heterocycles. The molecule has 0 atom stereocenters. The smallest absolute Gasteiger partial charge is 0.339 e. The van der Waals surface area contributed by atoms with Crippen LogP contribution in [0.3, 0.4) is 0 Å². The van der Waals surface area contributed by atoms with Crippen LogP contribution < -0.4 is 9.47 Å². The van der Waals surface area contributed by atoms with Gasteiger partial charge in [0.2, 0.25) is 0 Å². The van der Waals surface area contributed by atoms with Gasteiger partial charge in [0.1, 0.15) is 17.1 Å². The number of carbonyl (C=O) groups is 1. The van der Waals surface area contributed by atoms with Crippen LogP contribution in [0.2, 0.25) is 5.02 Å². The number of carboxylic acids is 1. The van der Waals surface area contributed by atoms with Crippen molar-refractivity contribution in [2.45, 2.75) is 6.42 Å². The Morgan fingerprint density at radius 1 is 1.00 bits per heavy atom. The van der Waals surface area contributed by atoms with E-state index in [0.29, 0.717) is 30.4 Å². The molecule has 0 aliphatic heterocycles. The molecular formula is C16H15ClO4. The van der Waals surface area contributed by atoms with Crippen LogP contribution >= 0.6 is 11.6 Å². The molecule has 0 aliphatic carbocycles. The van der Waals surface area contributed by atoms with Crippen molar-refractivity contribution in [1.29, 1.82) is 0 Å². The number of halogens is 1. The summed E-state index contributed by atoms with van der Waals surface area (Å²) in [5.74, 6) is 0.116. The van der Waals surface area contributed by atoms with Gasteiger partial charge in [-0.25, -0.2) is 4.79 Å². The Hall–Kier alpha value is -2.20. The van der Waals surface area contributed by atoms with Crippen molar-refractivity contribution in [2.75, 3.05) is 13.2 Å². The van der Waals surface area contributed by atoms with Gasteiger partial charge in [-0.2, -0.15) is 0 Å². The van der Waals surface area contributed by atoms with Crippen LogP contribution in [0.15, 0.2) is 48.5 Å². The van der Waals surface area contributed by atoms with Gasteiger partial charge in [0.15, 0.2) is 0 Å². The van der Waals surface area contributed by atoms with Gasteiger partial charge in [0.25, 0.3) is 0 Å². The summed E-state index contributed by atoms with van der Waals surface area (Å²) in [6, 6.07) is 13.7. The number of benzene rings is 2. The molecule has 0 aliphatic rings. The first kappa shape index (κ1) is 15.2. The fourth-order valence-electron chi connectivity index (χ4n) is 1.73. The summed E-state index contributed by atoms with van der Waals surface area (Å²) < 4.78 is 11.0. The summed E-state index contributed by atoms with van der Waals surface area (Å²) in [5.41, 5.74) is 0.163. The molecule has 21 heavy (non-hydrogen) atoms. The lowest BCUT2D eigenvalue weighted by Gasteiger charge is -2.09. The van der Waals surface area contributed by atoms with Crippen molar-refractivity contribution in [3.8, 4) is 11.5 Å². The zero-order valence-corrected chi connectivity index (χ0v) is 12.0. The summed E-state index contributed by atoms with van der Waals surface area (Å²) in [6.45, 7) is 0.870. The van der Waals surface area contributed by atoms with Crippen LogP contribution in [-0.4, -0.2) is 24.3 Å². The van der Waals surface area contributed by atoms with E-state index in [1.165, 1.54) is 6.07 Å². The summed E-state index contributed by atoms with van der Waals surface area (Å²) in [6.07, 6.45) is 0.649. The molecule has 110 valence electrons. The maximum atomic E-state index is 11.0. The zero-order valence-electron chi connectivity index (χ0n) is 11.3. The second-order valence-electron chi connectivity index (χ2n) is 4.31. The number of hydrogen-bond donors (Lipinski definition) is 1. The zero-order chi connectivity index (χ0) is 15.1. The van der Waals surface area contributed by atoms with Crippen molar-refractivity contribution in [3.63, 3.8) is 0 Å². The normalized spacial score (nSPS) is 10.1. The number of rotatable bonds is 7. The molecule has 0 heterocycles. The third kappa shape index (κ3) is 4.68. The fraction of sp³-hybridized carbons (Fsp3) is 0.188. The number of ether oxygens (including phenoxy) is 2. The van der Waals surface area contributed by atoms with E-state index >= 15 is 0 Å². The van der Waals surface area contributed by atoms with E-state index in [9.17, 15) is 4.79 Å². The van der Waals surface area contributed by atoms with Crippen LogP contribution in [0.25, 0.3) is 0 Å². The molecule has 0 radical (unpaired) electrons. The van der Waals surface area contributed by atoms with Gasteiger partial charge in [-0.1, -0.05) is 23.7 Å². The van der Waals surface area contributed by atoms with Crippen molar-refractivity contribution in [2.24, 2.45) is 0 Å². The SMILES string of the molecule is O=C(O)c1ccccc1OCCCOc1ccc(Cl)cc1. The van der Waals surface area contributed by atoms with Gasteiger partial charge in [0.05, 0.1) is 13.2 Å². The third-order valence-corrected chi connectivity index (χ3v) is 3.00. The quantitative estimate of drug-likeness (QED) is 0.789. The first-order chi connectivity index (χ1) is 10.2. The van der Waals surface area contributed by atoms with Gasteiger partial charge >= 0.3 is 5.97 Å². The number of hydrogen-bond acceptors (Lipinski definition) is 3. The number of carboxylic acid groups (broad SMARTS) is 1. The molecule has 0 bridgehead atoms. The van der Waals surface area contributed by atoms with Crippen molar-refractivity contribution < 1.29 is 19.4 Å². The van der Waals surface area contributed by atoms with E-state index in [1.807, 2.05) is 0 Å². The lowest BCUT2D eigenvalue weighted by Crippen LogP contribution is -2.07. The predicted molar refractivity (Wildman–Crippen MR) is 80.5 cm³/mol. The van der Waals surface area contributed by atoms with Crippen LogP contribution in [0, 0.1) is 0 Å². The van der Waals surface area contributed by atoms with E-state index in [0.717, 1.165) is 5.75 Å². The molecule has 2 rings (SSSR count). The van der Waals surface area contributed by atoms with Gasteiger partial charge < -0.3 is 14.6 Å². The Balaban J connectivity index is 1.75. The summed E-state index contributed by atoms with van der Waals surface area (Å²) >= 11 is 5.78. The lowest BCUT2D eigenvalue weighted by molar-refractivity contribution is 0.0692. The molecule has 4 nitrogen and oxygen atoms in total. The van der Waals surface area contributed by atoms with Crippen LogP contribution in [0.4, 0.5) is 0 Å². The van der Waals surface area contributed by atoms with Crippen LogP contribution in [-0.2, 0) is 0 Å². The summed E-state index contributed by atoms with van der Waals surface area (Å²) in [7, 11) is 0. The van der Waals surface area contributed by atoms with Gasteiger partial charge in [0, 0.05) is 11.4 Å². The highest BCUT2D eigenvalue weighted by molar-refractivity contribution is 6.30. The molecule has 0 amide bonds. The molecule has 0 saturated carbocycles. The van der Waals surface area contributed by atoms with Crippen molar-refractivity contribution in [1.82, 2.24) is 0 Å².